The Bertz CT molecular complexity index is 1420. The quantitative estimate of drug-likeness (QED) is 0.569. The fourth-order valence-electron chi connectivity index (χ4n) is 4.63. The Morgan fingerprint density at radius 2 is 1.77 bits per heavy atom. The largest absolute Gasteiger partial charge is 0.367 e. The number of anilines is 2. The first-order valence-corrected chi connectivity index (χ1v) is 13.2. The molecule has 12 heteroatoms. The average molecular weight is 520 g/mol. The second-order valence-corrected chi connectivity index (χ2v) is 11.6. The molecule has 2 saturated heterocycles. The summed E-state index contributed by atoms with van der Waals surface area (Å²) in [5.41, 5.74) is 1.11. The minimum absolute atomic E-state index is 0.0432. The lowest BCUT2D eigenvalue weighted by Crippen LogP contribution is -2.79. The molecule has 2 aliphatic heterocycles. The Kier molecular flexibility index (Phi) is 5.66. The molecule has 184 valence electrons. The Morgan fingerprint density at radius 1 is 1.09 bits per heavy atom. The van der Waals surface area contributed by atoms with Gasteiger partial charge in [-0.05, 0) is 49.9 Å². The van der Waals surface area contributed by atoms with E-state index in [2.05, 4.69) is 4.98 Å². The summed E-state index contributed by atoms with van der Waals surface area (Å²) in [5, 5.41) is 5.60. The van der Waals surface area contributed by atoms with Crippen LogP contribution in [-0.4, -0.2) is 63.0 Å². The van der Waals surface area contributed by atoms with Gasteiger partial charge < -0.3 is 4.90 Å². The molecule has 3 heterocycles. The standard InChI is InChI=1S/C23H23F2N5O3S2/c1-14-20(35(26,32)33)34-22(27-14)30-10-9-28(2)23(21(30)31)12-29(13-23)17-6-3-15(4-7-17)18-11-16(24)5-8-19(18)25/h3-8,11H,9-10,12-13H2,1-2H3,(H2,26,32,33). The van der Waals surface area contributed by atoms with Crippen LogP contribution in [0.3, 0.4) is 0 Å². The van der Waals surface area contributed by atoms with E-state index in [0.717, 1.165) is 35.2 Å². The Morgan fingerprint density at radius 3 is 2.40 bits per heavy atom. The summed E-state index contributed by atoms with van der Waals surface area (Å²) in [6, 6.07) is 10.4. The van der Waals surface area contributed by atoms with Crippen LogP contribution in [0.4, 0.5) is 19.6 Å². The number of nitrogens with two attached hydrogens (primary N) is 1. The van der Waals surface area contributed by atoms with Crippen molar-refractivity contribution >= 4 is 38.1 Å². The van der Waals surface area contributed by atoms with Crippen molar-refractivity contribution in [1.82, 2.24) is 9.88 Å². The number of thiazole rings is 1. The maximum absolute atomic E-state index is 14.1. The predicted octanol–water partition coefficient (Wildman–Crippen LogP) is 2.58. The summed E-state index contributed by atoms with van der Waals surface area (Å²) in [6.45, 7) is 3.40. The molecule has 0 saturated carbocycles. The van der Waals surface area contributed by atoms with Gasteiger partial charge in [-0.3, -0.25) is 14.6 Å². The number of hydrogen-bond donors (Lipinski definition) is 1. The number of benzene rings is 2. The molecule has 35 heavy (non-hydrogen) atoms. The molecule has 2 fully saturated rings. The Hall–Kier alpha value is -2.93. The summed E-state index contributed by atoms with van der Waals surface area (Å²) in [4.78, 5) is 23.5. The molecular weight excluding hydrogens is 496 g/mol. The van der Waals surface area contributed by atoms with E-state index in [4.69, 9.17) is 5.14 Å². The molecule has 1 aromatic heterocycles. The van der Waals surface area contributed by atoms with Crippen molar-refractivity contribution in [2.24, 2.45) is 5.14 Å². The predicted molar refractivity (Wildman–Crippen MR) is 130 cm³/mol. The normalized spacial score (nSPS) is 18.3. The lowest BCUT2D eigenvalue weighted by molar-refractivity contribution is -0.134. The number of carbonyl (C=O) groups is 1. The van der Waals surface area contributed by atoms with Crippen LogP contribution in [0.15, 0.2) is 46.7 Å². The summed E-state index contributed by atoms with van der Waals surface area (Å²) >= 11 is 0.904. The van der Waals surface area contributed by atoms with Crippen LogP contribution in [0.5, 0.6) is 0 Å². The number of halogens is 2. The number of nitrogens with zero attached hydrogens (tertiary/aromatic N) is 4. The zero-order valence-corrected chi connectivity index (χ0v) is 20.7. The van der Waals surface area contributed by atoms with E-state index in [-0.39, 0.29) is 21.4 Å². The van der Waals surface area contributed by atoms with Gasteiger partial charge in [-0.2, -0.15) is 0 Å². The zero-order chi connectivity index (χ0) is 25.1. The molecule has 0 bridgehead atoms. The number of piperazine rings is 1. The minimum atomic E-state index is -3.92. The van der Waals surface area contributed by atoms with Crippen LogP contribution in [0.25, 0.3) is 11.1 Å². The van der Waals surface area contributed by atoms with E-state index < -0.39 is 27.2 Å². The van der Waals surface area contributed by atoms with Gasteiger partial charge in [0, 0.05) is 37.4 Å². The van der Waals surface area contributed by atoms with E-state index in [1.165, 1.54) is 0 Å². The SMILES string of the molecule is Cc1nc(N2CCN(C)C3(CN(c4ccc(-c5cc(F)ccc5F)cc4)C3)C2=O)sc1S(N)(=O)=O. The molecule has 5 rings (SSSR count). The molecule has 8 nitrogen and oxygen atoms in total. The highest BCUT2D eigenvalue weighted by molar-refractivity contribution is 7.91. The van der Waals surface area contributed by atoms with Crippen molar-refractivity contribution in [3.63, 3.8) is 0 Å². The topological polar surface area (TPSA) is 99.8 Å². The third-order valence-corrected chi connectivity index (χ3v) is 9.38. The number of primary sulfonamides is 1. The van der Waals surface area contributed by atoms with E-state index >= 15 is 0 Å². The molecule has 3 aromatic rings. The zero-order valence-electron chi connectivity index (χ0n) is 19.0. The number of carbonyl (C=O) groups excluding carboxylic acids is 1. The minimum Gasteiger partial charge on any atom is -0.367 e. The van der Waals surface area contributed by atoms with Crippen molar-refractivity contribution in [2.45, 2.75) is 16.7 Å². The first-order valence-electron chi connectivity index (χ1n) is 10.8. The molecular formula is C23H23F2N5O3S2. The molecule has 0 atom stereocenters. The van der Waals surface area contributed by atoms with E-state index in [1.54, 1.807) is 24.0 Å². The highest BCUT2D eigenvalue weighted by Crippen LogP contribution is 2.39. The monoisotopic (exact) mass is 519 g/mol. The smallest absolute Gasteiger partial charge is 0.253 e. The third kappa shape index (κ3) is 3.99. The third-order valence-electron chi connectivity index (χ3n) is 6.64. The molecule has 0 radical (unpaired) electrons. The maximum Gasteiger partial charge on any atom is 0.253 e. The number of rotatable bonds is 4. The molecule has 2 aliphatic rings. The Balaban J connectivity index is 1.35. The lowest BCUT2D eigenvalue weighted by atomic mass is 9.84. The van der Waals surface area contributed by atoms with Crippen LogP contribution in [0.2, 0.25) is 0 Å². The second-order valence-electron chi connectivity index (χ2n) is 8.85. The van der Waals surface area contributed by atoms with E-state index in [1.807, 2.05) is 29.0 Å². The summed E-state index contributed by atoms with van der Waals surface area (Å²) in [5.74, 6) is -1.15. The second kappa shape index (κ2) is 8.33. The van der Waals surface area contributed by atoms with Gasteiger partial charge >= 0.3 is 0 Å². The molecule has 0 unspecified atom stereocenters. The average Bonchev–Trinajstić information content (AvgIpc) is 3.17. The molecule has 2 aromatic carbocycles. The number of amides is 1. The molecule has 2 N–H and O–H groups in total. The lowest BCUT2D eigenvalue weighted by Gasteiger charge is -2.57. The van der Waals surface area contributed by atoms with E-state index in [9.17, 15) is 22.0 Å². The van der Waals surface area contributed by atoms with Gasteiger partial charge in [0.05, 0.1) is 5.69 Å². The number of aryl methyl sites for hydroxylation is 1. The van der Waals surface area contributed by atoms with Crippen molar-refractivity contribution in [1.29, 1.82) is 0 Å². The molecule has 1 amide bonds. The number of hydrogen-bond acceptors (Lipinski definition) is 7. The van der Waals surface area contributed by atoms with Crippen LogP contribution < -0.4 is 14.9 Å². The van der Waals surface area contributed by atoms with Crippen molar-refractivity contribution in [3.05, 3.63) is 59.8 Å². The van der Waals surface area contributed by atoms with Crippen LogP contribution >= 0.6 is 11.3 Å². The van der Waals surface area contributed by atoms with Crippen LogP contribution in [-0.2, 0) is 14.8 Å². The highest BCUT2D eigenvalue weighted by Gasteiger charge is 2.56. The van der Waals surface area contributed by atoms with Crippen LogP contribution in [0.1, 0.15) is 5.69 Å². The van der Waals surface area contributed by atoms with Crippen molar-refractivity contribution in [3.8, 4) is 11.1 Å². The van der Waals surface area contributed by atoms with Gasteiger partial charge in [0.25, 0.3) is 5.91 Å². The summed E-state index contributed by atoms with van der Waals surface area (Å²) < 4.78 is 51.3. The van der Waals surface area contributed by atoms with Gasteiger partial charge in [-0.25, -0.2) is 27.3 Å². The van der Waals surface area contributed by atoms with E-state index in [0.29, 0.717) is 36.9 Å². The van der Waals surface area contributed by atoms with Gasteiger partial charge in [0.2, 0.25) is 10.0 Å². The molecule has 1 spiro atoms. The first-order chi connectivity index (χ1) is 16.5. The number of sulfonamides is 1. The van der Waals surface area contributed by atoms with Crippen molar-refractivity contribution < 1.29 is 22.0 Å². The number of aromatic nitrogens is 1. The summed E-state index contributed by atoms with van der Waals surface area (Å²) in [6.07, 6.45) is 0. The summed E-state index contributed by atoms with van der Waals surface area (Å²) in [7, 11) is -2.02. The molecule has 0 aliphatic carbocycles. The van der Waals surface area contributed by atoms with Crippen LogP contribution in [0, 0.1) is 18.6 Å². The van der Waals surface area contributed by atoms with Gasteiger partial charge in [-0.15, -0.1) is 0 Å². The fourth-order valence-corrected chi connectivity index (χ4v) is 6.60. The number of likely N-dealkylation sites (N-methyl/N-ethyl adjacent to an activating group) is 1. The van der Waals surface area contributed by atoms with Gasteiger partial charge in [0.15, 0.2) is 9.34 Å². The first kappa shape index (κ1) is 23.8. The fraction of sp³-hybridized carbons (Fsp3) is 0.304. The Labute approximate surface area is 205 Å². The van der Waals surface area contributed by atoms with Crippen molar-refractivity contribution in [2.75, 3.05) is 43.0 Å². The maximum atomic E-state index is 14.1. The van der Waals surface area contributed by atoms with Gasteiger partial charge in [-0.1, -0.05) is 23.5 Å². The van der Waals surface area contributed by atoms with Gasteiger partial charge in [0.1, 0.15) is 17.2 Å². The highest BCUT2D eigenvalue weighted by atomic mass is 32.2.